The number of hydrogen-bond acceptors (Lipinski definition) is 4. The summed E-state index contributed by atoms with van der Waals surface area (Å²) in [7, 11) is 1.65. The summed E-state index contributed by atoms with van der Waals surface area (Å²) in [6, 6.07) is 1.92. The lowest BCUT2D eigenvalue weighted by Crippen LogP contribution is -2.50. The zero-order valence-corrected chi connectivity index (χ0v) is 14.8. The first-order valence-electron chi connectivity index (χ1n) is 9.08. The average Bonchev–Trinajstić information content (AvgIpc) is 3.21. The fraction of sp³-hybridized carbons (Fsp3) is 0.778. The lowest BCUT2D eigenvalue weighted by Gasteiger charge is -2.43. The largest absolute Gasteiger partial charge is 0.390 e. The van der Waals surface area contributed by atoms with Crippen molar-refractivity contribution in [2.45, 2.75) is 63.6 Å². The van der Waals surface area contributed by atoms with Crippen molar-refractivity contribution in [1.82, 2.24) is 14.7 Å². The summed E-state index contributed by atoms with van der Waals surface area (Å²) in [5.41, 5.74) is -0.169. The summed E-state index contributed by atoms with van der Waals surface area (Å²) in [6.07, 6.45) is 7.88. The Morgan fingerprint density at radius 2 is 2.25 bits per heavy atom. The van der Waals surface area contributed by atoms with Crippen LogP contribution in [0.5, 0.6) is 0 Å². The molecule has 134 valence electrons. The average molecular weight is 335 g/mol. The van der Waals surface area contributed by atoms with Gasteiger partial charge < -0.3 is 14.7 Å². The summed E-state index contributed by atoms with van der Waals surface area (Å²) in [6.45, 7) is 3.93. The number of carbonyl (C=O) groups excluding carboxylic acids is 1. The van der Waals surface area contributed by atoms with E-state index in [1.54, 1.807) is 17.9 Å². The molecule has 3 unspecified atom stereocenters. The van der Waals surface area contributed by atoms with Crippen LogP contribution in [0.3, 0.4) is 0 Å². The Bertz CT molecular complexity index is 570. The van der Waals surface area contributed by atoms with Gasteiger partial charge in [-0.25, -0.2) is 0 Å². The van der Waals surface area contributed by atoms with Crippen LogP contribution in [0.4, 0.5) is 0 Å². The minimum atomic E-state index is -0.663. The van der Waals surface area contributed by atoms with Crippen LogP contribution < -0.4 is 0 Å². The maximum Gasteiger partial charge on any atom is 0.274 e. The summed E-state index contributed by atoms with van der Waals surface area (Å²) < 4.78 is 6.80. The molecule has 0 radical (unpaired) electrons. The Balaban J connectivity index is 1.72. The predicted octanol–water partition coefficient (Wildman–Crippen LogP) is 2.08. The molecule has 3 rings (SSSR count). The second-order valence-corrected chi connectivity index (χ2v) is 7.37. The Morgan fingerprint density at radius 1 is 1.42 bits per heavy atom. The van der Waals surface area contributed by atoms with Gasteiger partial charge in [0.1, 0.15) is 5.69 Å². The molecule has 1 saturated heterocycles. The van der Waals surface area contributed by atoms with Gasteiger partial charge in [-0.2, -0.15) is 5.10 Å². The molecule has 0 bridgehead atoms. The van der Waals surface area contributed by atoms with E-state index in [0.29, 0.717) is 18.8 Å². The van der Waals surface area contributed by atoms with Crippen molar-refractivity contribution in [2.24, 2.45) is 5.92 Å². The van der Waals surface area contributed by atoms with Gasteiger partial charge in [0.2, 0.25) is 0 Å². The number of amides is 1. The van der Waals surface area contributed by atoms with Gasteiger partial charge in [0.15, 0.2) is 0 Å². The number of carbonyl (C=O) groups is 1. The smallest absolute Gasteiger partial charge is 0.274 e. The molecular weight excluding hydrogens is 306 g/mol. The van der Waals surface area contributed by atoms with Crippen LogP contribution >= 0.6 is 0 Å². The lowest BCUT2D eigenvalue weighted by atomic mass is 9.72. The van der Waals surface area contributed by atoms with E-state index < -0.39 is 5.60 Å². The van der Waals surface area contributed by atoms with Crippen LogP contribution in [0.1, 0.15) is 55.9 Å². The number of methoxy groups -OCH3 is 1. The van der Waals surface area contributed by atoms with Gasteiger partial charge in [0, 0.05) is 31.8 Å². The van der Waals surface area contributed by atoms with E-state index in [-0.39, 0.29) is 17.9 Å². The summed E-state index contributed by atoms with van der Waals surface area (Å²) in [5.74, 6) is 0.170. The maximum absolute atomic E-state index is 12.9. The number of ether oxygens (including phenoxy) is 1. The monoisotopic (exact) mass is 335 g/mol. The zero-order chi connectivity index (χ0) is 17.2. The Kier molecular flexibility index (Phi) is 5.25. The molecule has 6 heteroatoms. The highest BCUT2D eigenvalue weighted by atomic mass is 16.5. The first-order valence-corrected chi connectivity index (χ1v) is 9.08. The van der Waals surface area contributed by atoms with Crippen molar-refractivity contribution < 1.29 is 14.6 Å². The van der Waals surface area contributed by atoms with Gasteiger partial charge in [-0.1, -0.05) is 12.8 Å². The van der Waals surface area contributed by atoms with E-state index in [9.17, 15) is 9.90 Å². The van der Waals surface area contributed by atoms with Crippen molar-refractivity contribution in [2.75, 3.05) is 20.3 Å². The van der Waals surface area contributed by atoms with Crippen molar-refractivity contribution in [3.63, 3.8) is 0 Å². The molecule has 1 saturated carbocycles. The topological polar surface area (TPSA) is 67.6 Å². The van der Waals surface area contributed by atoms with Crippen LogP contribution in [0, 0.1) is 5.92 Å². The van der Waals surface area contributed by atoms with Gasteiger partial charge >= 0.3 is 0 Å². The quantitative estimate of drug-likeness (QED) is 0.894. The molecule has 0 aromatic carbocycles. The number of hydrogen-bond donors (Lipinski definition) is 1. The molecule has 1 aromatic heterocycles. The highest BCUT2D eigenvalue weighted by Crippen LogP contribution is 2.40. The SMILES string of the molecule is COCCn1ccc(C(=O)N2CCCC2C2CCCCC2(C)O)n1. The molecular formula is C18H29N3O3. The summed E-state index contributed by atoms with van der Waals surface area (Å²) >= 11 is 0. The normalized spacial score (nSPS) is 30.7. The summed E-state index contributed by atoms with van der Waals surface area (Å²) in [4.78, 5) is 14.9. The van der Waals surface area contributed by atoms with Gasteiger partial charge in [0.05, 0.1) is 18.8 Å². The molecule has 1 amide bonds. The first-order chi connectivity index (χ1) is 11.5. The standard InChI is InChI=1S/C18H29N3O3/c1-18(23)9-4-3-6-14(18)16-7-5-10-21(16)17(22)15-8-11-20(19-15)12-13-24-2/h8,11,14,16,23H,3-7,9-10,12-13H2,1-2H3. The van der Waals surface area contributed by atoms with Crippen LogP contribution in [0.25, 0.3) is 0 Å². The molecule has 2 fully saturated rings. The number of aliphatic hydroxyl groups is 1. The Hall–Kier alpha value is -1.40. The van der Waals surface area contributed by atoms with Gasteiger partial charge in [-0.15, -0.1) is 0 Å². The molecule has 1 N–H and O–H groups in total. The van der Waals surface area contributed by atoms with Crippen molar-refractivity contribution in [1.29, 1.82) is 0 Å². The highest BCUT2D eigenvalue weighted by Gasteiger charge is 2.45. The van der Waals surface area contributed by atoms with Crippen LogP contribution in [0.15, 0.2) is 12.3 Å². The predicted molar refractivity (Wildman–Crippen MR) is 90.7 cm³/mol. The van der Waals surface area contributed by atoms with E-state index >= 15 is 0 Å². The molecule has 2 heterocycles. The van der Waals surface area contributed by atoms with Crippen LogP contribution in [0.2, 0.25) is 0 Å². The minimum Gasteiger partial charge on any atom is -0.390 e. The molecule has 1 aliphatic carbocycles. The zero-order valence-electron chi connectivity index (χ0n) is 14.8. The van der Waals surface area contributed by atoms with Crippen molar-refractivity contribution in [3.8, 4) is 0 Å². The van der Waals surface area contributed by atoms with Crippen molar-refractivity contribution in [3.05, 3.63) is 18.0 Å². The van der Waals surface area contributed by atoms with E-state index in [1.165, 1.54) is 0 Å². The third kappa shape index (κ3) is 3.49. The molecule has 1 aromatic rings. The second kappa shape index (κ2) is 7.23. The van der Waals surface area contributed by atoms with E-state index in [1.807, 2.05) is 18.0 Å². The number of likely N-dealkylation sites (tertiary alicyclic amines) is 1. The molecule has 1 aliphatic heterocycles. The van der Waals surface area contributed by atoms with Crippen molar-refractivity contribution >= 4 is 5.91 Å². The molecule has 24 heavy (non-hydrogen) atoms. The molecule has 0 spiro atoms. The summed E-state index contributed by atoms with van der Waals surface area (Å²) in [5, 5.41) is 15.2. The fourth-order valence-corrected chi connectivity index (χ4v) is 4.35. The first kappa shape index (κ1) is 17.4. The van der Waals surface area contributed by atoms with E-state index in [2.05, 4.69) is 5.10 Å². The fourth-order valence-electron chi connectivity index (χ4n) is 4.35. The Morgan fingerprint density at radius 3 is 3.00 bits per heavy atom. The van der Waals surface area contributed by atoms with Crippen LogP contribution in [-0.2, 0) is 11.3 Å². The maximum atomic E-state index is 12.9. The second-order valence-electron chi connectivity index (χ2n) is 7.37. The third-order valence-corrected chi connectivity index (χ3v) is 5.66. The third-order valence-electron chi connectivity index (χ3n) is 5.66. The number of aromatic nitrogens is 2. The van der Waals surface area contributed by atoms with E-state index in [0.717, 1.165) is 45.1 Å². The van der Waals surface area contributed by atoms with Gasteiger partial charge in [-0.3, -0.25) is 9.48 Å². The molecule has 3 atom stereocenters. The van der Waals surface area contributed by atoms with Gasteiger partial charge in [-0.05, 0) is 38.7 Å². The van der Waals surface area contributed by atoms with E-state index in [4.69, 9.17) is 4.74 Å². The molecule has 6 nitrogen and oxygen atoms in total. The number of nitrogens with zero attached hydrogens (tertiary/aromatic N) is 3. The Labute approximate surface area is 143 Å². The highest BCUT2D eigenvalue weighted by molar-refractivity contribution is 5.92. The molecule has 2 aliphatic rings. The number of rotatable bonds is 5. The van der Waals surface area contributed by atoms with Crippen LogP contribution in [-0.4, -0.2) is 57.6 Å². The van der Waals surface area contributed by atoms with Gasteiger partial charge in [0.25, 0.3) is 5.91 Å². The minimum absolute atomic E-state index is 0.00459. The lowest BCUT2D eigenvalue weighted by molar-refractivity contribution is -0.0578.